The minimum atomic E-state index is -0.232. The summed E-state index contributed by atoms with van der Waals surface area (Å²) in [5.74, 6) is 0. The van der Waals surface area contributed by atoms with Gasteiger partial charge in [0, 0.05) is 56.0 Å². The summed E-state index contributed by atoms with van der Waals surface area (Å²) in [5.41, 5.74) is 25.8. The van der Waals surface area contributed by atoms with E-state index in [1.807, 2.05) is 0 Å². The first kappa shape index (κ1) is 53.3. The van der Waals surface area contributed by atoms with Crippen LogP contribution in [0, 0.1) is 0 Å². The highest BCUT2D eigenvalue weighted by molar-refractivity contribution is 7.01. The van der Waals surface area contributed by atoms with Crippen molar-refractivity contribution in [1.29, 1.82) is 0 Å². The highest BCUT2D eigenvalue weighted by Gasteiger charge is 2.46. The fourth-order valence-corrected chi connectivity index (χ4v) is 16.2. The molecule has 438 valence electrons. The fourth-order valence-electron chi connectivity index (χ4n) is 16.2. The van der Waals surface area contributed by atoms with E-state index in [2.05, 4.69) is 350 Å². The van der Waals surface area contributed by atoms with Gasteiger partial charge in [0.2, 0.25) is 0 Å². The maximum atomic E-state index is 5.52. The Labute approximate surface area is 551 Å². The van der Waals surface area contributed by atoms with E-state index in [1.165, 1.54) is 92.4 Å². The molecule has 0 amide bonds. The zero-order valence-electron chi connectivity index (χ0n) is 51.8. The van der Waals surface area contributed by atoms with Gasteiger partial charge in [-0.25, -0.2) is 4.98 Å². The quantitative estimate of drug-likeness (QED) is 0.106. The van der Waals surface area contributed by atoms with Gasteiger partial charge in [0.05, 0.1) is 11.4 Å². The molecule has 0 spiro atoms. The molecule has 1 aromatic heterocycles. The van der Waals surface area contributed by atoms with Crippen molar-refractivity contribution in [2.75, 3.05) is 9.80 Å². The van der Waals surface area contributed by atoms with E-state index >= 15 is 0 Å². The molecule has 2 aliphatic heterocycles. The lowest BCUT2D eigenvalue weighted by Crippen LogP contribution is -2.61. The SMILES string of the molecule is c1ccc(-c2cc(-c3ccccc3)cc(N3c4cc(-c5cc(-c6ccccc6)nc(-c6ccccc6)c5)cc5c4B(c4cc6ccc7cccc8ccc(c43)c6c78)c3cc4ccc6cccc7ccc(c3N5c3cc(-c5ccccc5)cc(-c5ccccc5)c3)c4c67)c2)cc1. The van der Waals surface area contributed by atoms with Gasteiger partial charge in [0.25, 0.3) is 6.71 Å². The van der Waals surface area contributed by atoms with Crippen molar-refractivity contribution in [2.45, 2.75) is 0 Å². The normalized spacial score (nSPS) is 12.6. The highest BCUT2D eigenvalue weighted by Crippen LogP contribution is 2.54. The van der Waals surface area contributed by atoms with Crippen LogP contribution in [0.2, 0.25) is 0 Å². The van der Waals surface area contributed by atoms with E-state index in [0.29, 0.717) is 0 Å². The van der Waals surface area contributed by atoms with Crippen molar-refractivity contribution in [1.82, 2.24) is 4.98 Å². The third-order valence-electron chi connectivity index (χ3n) is 20.4. The van der Waals surface area contributed by atoms with Crippen molar-refractivity contribution >= 4 is 122 Å². The molecule has 95 heavy (non-hydrogen) atoms. The second kappa shape index (κ2) is 21.1. The molecular formula is C91H56BN3. The molecule has 0 saturated carbocycles. The minimum Gasteiger partial charge on any atom is -0.311 e. The van der Waals surface area contributed by atoms with E-state index in [0.717, 1.165) is 101 Å². The van der Waals surface area contributed by atoms with Crippen LogP contribution in [0.25, 0.3) is 143 Å². The number of rotatable bonds is 9. The molecule has 0 bridgehead atoms. The molecule has 3 nitrogen and oxygen atoms in total. The van der Waals surface area contributed by atoms with Crippen LogP contribution < -0.4 is 26.2 Å². The van der Waals surface area contributed by atoms with Crippen molar-refractivity contribution in [3.8, 4) is 78.1 Å². The van der Waals surface area contributed by atoms with Gasteiger partial charge in [0.15, 0.2) is 0 Å². The Morgan fingerprint density at radius 1 is 0.221 bits per heavy atom. The summed E-state index contributed by atoms with van der Waals surface area (Å²) in [4.78, 5) is 10.9. The summed E-state index contributed by atoms with van der Waals surface area (Å²) in [6, 6.07) is 127. The second-order valence-electron chi connectivity index (χ2n) is 25.7. The molecule has 17 aromatic carbocycles. The summed E-state index contributed by atoms with van der Waals surface area (Å²) in [6.07, 6.45) is 0. The third-order valence-corrected chi connectivity index (χ3v) is 20.4. The Morgan fingerprint density at radius 2 is 0.526 bits per heavy atom. The van der Waals surface area contributed by atoms with E-state index < -0.39 is 0 Å². The number of fused-ring (bicyclic) bond motifs is 6. The highest BCUT2D eigenvalue weighted by atomic mass is 15.2. The number of benzene rings is 17. The first-order valence-electron chi connectivity index (χ1n) is 32.9. The van der Waals surface area contributed by atoms with Gasteiger partial charge in [-0.2, -0.15) is 0 Å². The topological polar surface area (TPSA) is 19.4 Å². The molecule has 18 aromatic rings. The molecule has 20 rings (SSSR count). The first-order valence-corrected chi connectivity index (χ1v) is 32.9. The second-order valence-corrected chi connectivity index (χ2v) is 25.7. The van der Waals surface area contributed by atoms with E-state index in [-0.39, 0.29) is 6.71 Å². The lowest BCUT2D eigenvalue weighted by atomic mass is 9.33. The average Bonchev–Trinajstić information content (AvgIpc) is 0.677. The molecule has 4 heteroatoms. The maximum absolute atomic E-state index is 5.52. The molecule has 0 saturated heterocycles. The number of nitrogens with zero attached hydrogens (tertiary/aromatic N) is 3. The van der Waals surface area contributed by atoms with Gasteiger partial charge < -0.3 is 9.80 Å². The van der Waals surface area contributed by atoms with Crippen LogP contribution in [0.1, 0.15) is 0 Å². The molecule has 0 aliphatic carbocycles. The van der Waals surface area contributed by atoms with E-state index in [4.69, 9.17) is 4.98 Å². The van der Waals surface area contributed by atoms with Crippen molar-refractivity contribution in [3.05, 3.63) is 340 Å². The largest absolute Gasteiger partial charge is 0.311 e. The number of hydrogen-bond acceptors (Lipinski definition) is 3. The molecule has 0 fully saturated rings. The van der Waals surface area contributed by atoms with Crippen molar-refractivity contribution in [2.24, 2.45) is 0 Å². The van der Waals surface area contributed by atoms with Crippen LogP contribution in [-0.2, 0) is 0 Å². The van der Waals surface area contributed by atoms with Gasteiger partial charge in [-0.15, -0.1) is 0 Å². The molecule has 0 N–H and O–H groups in total. The van der Waals surface area contributed by atoms with Crippen molar-refractivity contribution in [3.63, 3.8) is 0 Å². The maximum Gasteiger partial charge on any atom is 0.252 e. The van der Waals surface area contributed by atoms with Crippen LogP contribution in [0.3, 0.4) is 0 Å². The zero-order chi connectivity index (χ0) is 62.2. The number of pyridine rings is 1. The Hall–Kier alpha value is -12.4. The number of anilines is 6. The van der Waals surface area contributed by atoms with Gasteiger partial charge in [0.1, 0.15) is 0 Å². The molecule has 0 radical (unpaired) electrons. The standard InChI is InChI=1S/C91H56BN3/c1-7-21-57(22-8-1)69-45-70(58-23-9-2-10-24-58)48-75(47-69)94-83-55-74(73-53-81(61-29-15-5-16-30-61)93-82(54-73)62-31-17-6-18-32-62)56-84-89(83)92(79-51-67-39-37-63-33-19-35-65-41-43-77(90(79)94)87(67)85(63)65)80-52-68-40-38-64-34-20-36-66-42-44-78(88(68)86(64)66)91(80)95(84)76-49-71(59-25-11-3-12-26-59)46-72(50-76)60-27-13-4-14-28-60/h1-56H. The van der Waals surface area contributed by atoms with Gasteiger partial charge in [-0.05, 0) is 187 Å². The summed E-state index contributed by atoms with van der Waals surface area (Å²) in [6.45, 7) is -0.232. The van der Waals surface area contributed by atoms with Crippen LogP contribution in [0.5, 0.6) is 0 Å². The number of aromatic nitrogens is 1. The third kappa shape index (κ3) is 8.44. The molecule has 3 heterocycles. The Kier molecular flexibility index (Phi) is 11.8. The zero-order valence-corrected chi connectivity index (χ0v) is 51.8. The van der Waals surface area contributed by atoms with E-state index in [9.17, 15) is 0 Å². The molecule has 2 aliphatic rings. The van der Waals surface area contributed by atoms with E-state index in [1.54, 1.807) is 0 Å². The Bertz CT molecular complexity index is 5560. The summed E-state index contributed by atoms with van der Waals surface area (Å²) in [7, 11) is 0. The smallest absolute Gasteiger partial charge is 0.252 e. The Morgan fingerprint density at radius 3 is 0.884 bits per heavy atom. The predicted molar refractivity (Wildman–Crippen MR) is 404 cm³/mol. The summed E-state index contributed by atoms with van der Waals surface area (Å²) in [5, 5.41) is 15.0. The fraction of sp³-hybridized carbons (Fsp3) is 0. The summed E-state index contributed by atoms with van der Waals surface area (Å²) >= 11 is 0. The summed E-state index contributed by atoms with van der Waals surface area (Å²) < 4.78 is 0. The monoisotopic (exact) mass is 1200 g/mol. The predicted octanol–water partition coefficient (Wildman–Crippen LogP) is 22.6. The molecular weight excluding hydrogens is 1150 g/mol. The molecule has 0 atom stereocenters. The molecule has 0 unspecified atom stereocenters. The lowest BCUT2D eigenvalue weighted by molar-refractivity contribution is 1.27. The Balaban J connectivity index is 0.988. The number of hydrogen-bond donors (Lipinski definition) is 0. The van der Waals surface area contributed by atoms with Gasteiger partial charge >= 0.3 is 0 Å². The first-order chi connectivity index (χ1) is 47.1. The van der Waals surface area contributed by atoms with Gasteiger partial charge in [-0.1, -0.05) is 279 Å². The average molecular weight is 1200 g/mol. The van der Waals surface area contributed by atoms with Crippen LogP contribution in [0.15, 0.2) is 340 Å². The van der Waals surface area contributed by atoms with Crippen molar-refractivity contribution < 1.29 is 0 Å². The van der Waals surface area contributed by atoms with Crippen LogP contribution >= 0.6 is 0 Å². The minimum absolute atomic E-state index is 0.232. The van der Waals surface area contributed by atoms with Gasteiger partial charge in [-0.3, -0.25) is 0 Å². The lowest BCUT2D eigenvalue weighted by Gasteiger charge is -2.46. The van der Waals surface area contributed by atoms with Crippen LogP contribution in [-0.4, -0.2) is 11.7 Å². The van der Waals surface area contributed by atoms with Crippen LogP contribution in [0.4, 0.5) is 34.1 Å².